The molecule has 3 atom stereocenters. The van der Waals surface area contributed by atoms with Crippen molar-refractivity contribution in [3.8, 4) is 0 Å². The van der Waals surface area contributed by atoms with Crippen LogP contribution < -0.4 is 5.32 Å². The van der Waals surface area contributed by atoms with Gasteiger partial charge in [-0.05, 0) is 61.2 Å². The number of hydrogen-bond acceptors (Lipinski definition) is 9. The molecule has 10 nitrogen and oxygen atoms in total. The first kappa shape index (κ1) is 23.3. The topological polar surface area (TPSA) is 127 Å². The number of aryl methyl sites for hydroxylation is 2. The highest BCUT2D eigenvalue weighted by Crippen LogP contribution is 2.30. The second-order valence-corrected chi connectivity index (χ2v) is 9.90. The second-order valence-electron chi connectivity index (χ2n) is 8.86. The van der Waals surface area contributed by atoms with E-state index in [-0.39, 0.29) is 6.04 Å². The molecule has 3 N–H and O–H groups in total. The van der Waals surface area contributed by atoms with E-state index in [1.54, 1.807) is 18.4 Å². The maximum absolute atomic E-state index is 10.3. The number of fused-ring (bicyclic) bond motifs is 1. The number of anilines is 1. The minimum Gasteiger partial charge on any atom is -0.390 e. The Morgan fingerprint density at radius 3 is 2.97 bits per heavy atom. The molecule has 1 aromatic carbocycles. The van der Waals surface area contributed by atoms with Gasteiger partial charge in [-0.25, -0.2) is 9.97 Å². The van der Waals surface area contributed by atoms with Gasteiger partial charge in [0.25, 0.3) is 0 Å². The van der Waals surface area contributed by atoms with E-state index in [0.717, 1.165) is 45.1 Å². The zero-order valence-corrected chi connectivity index (χ0v) is 20.5. The minimum atomic E-state index is -0.775. The lowest BCUT2D eigenvalue weighted by Gasteiger charge is -2.32. The van der Waals surface area contributed by atoms with Crippen molar-refractivity contribution in [3.05, 3.63) is 60.0 Å². The zero-order valence-electron chi connectivity index (χ0n) is 19.7. The van der Waals surface area contributed by atoms with Crippen LogP contribution in [0.4, 0.5) is 5.13 Å². The lowest BCUT2D eigenvalue weighted by molar-refractivity contribution is -0.0161. The molecule has 1 fully saturated rings. The quantitative estimate of drug-likeness (QED) is 0.336. The predicted octanol–water partition coefficient (Wildman–Crippen LogP) is 2.79. The first-order chi connectivity index (χ1) is 16.9. The Kier molecular flexibility index (Phi) is 6.46. The molecule has 0 radical (unpaired) electrons. The van der Waals surface area contributed by atoms with Crippen LogP contribution in [-0.2, 0) is 13.6 Å². The summed E-state index contributed by atoms with van der Waals surface area (Å²) in [6.07, 6.45) is 6.55. The Hall–Kier alpha value is -3.41. The largest absolute Gasteiger partial charge is 0.390 e. The Bertz CT molecular complexity index is 1390. The highest BCUT2D eigenvalue weighted by Gasteiger charge is 2.30. The summed E-state index contributed by atoms with van der Waals surface area (Å²) in [7, 11) is 1.72. The minimum absolute atomic E-state index is 0.186. The van der Waals surface area contributed by atoms with Crippen molar-refractivity contribution in [1.82, 2.24) is 34.7 Å². The van der Waals surface area contributed by atoms with Gasteiger partial charge >= 0.3 is 0 Å². The van der Waals surface area contributed by atoms with Crippen LogP contribution in [0.1, 0.15) is 42.0 Å². The Labute approximate surface area is 206 Å². The van der Waals surface area contributed by atoms with Gasteiger partial charge in [-0.2, -0.15) is 4.80 Å². The normalized spacial score (nSPS) is 20.6. The molecule has 3 heterocycles. The van der Waals surface area contributed by atoms with E-state index in [2.05, 4.69) is 54.0 Å². The smallest absolute Gasteiger partial charge is 0.204 e. The van der Waals surface area contributed by atoms with Gasteiger partial charge in [-0.15, -0.1) is 10.2 Å². The highest BCUT2D eigenvalue weighted by molar-refractivity contribution is 7.22. The molecule has 0 bridgehead atoms. The first-order valence-corrected chi connectivity index (χ1v) is 12.3. The van der Waals surface area contributed by atoms with E-state index in [9.17, 15) is 10.2 Å². The van der Waals surface area contributed by atoms with E-state index in [1.807, 2.05) is 31.5 Å². The van der Waals surface area contributed by atoms with Crippen LogP contribution in [-0.4, -0.2) is 63.2 Å². The van der Waals surface area contributed by atoms with Gasteiger partial charge in [0.2, 0.25) is 5.82 Å². The third kappa shape index (κ3) is 5.02. The molecule has 4 aromatic rings. The molecule has 1 saturated carbocycles. The monoisotopic (exact) mass is 492 g/mol. The number of imidazole rings is 1. The van der Waals surface area contributed by atoms with Crippen LogP contribution in [0.5, 0.6) is 0 Å². The fourth-order valence-electron chi connectivity index (χ4n) is 4.30. The molecule has 0 unspecified atom stereocenters. The van der Waals surface area contributed by atoms with E-state index in [0.29, 0.717) is 24.4 Å². The summed E-state index contributed by atoms with van der Waals surface area (Å²) >= 11 is 1.55. The highest BCUT2D eigenvalue weighted by atomic mass is 32.1. The summed E-state index contributed by atoms with van der Waals surface area (Å²) in [5.74, 6) is 0.489. The number of aromatic nitrogens is 7. The number of aliphatic hydroxyl groups is 2. The summed E-state index contributed by atoms with van der Waals surface area (Å²) in [4.78, 5) is 10.6. The van der Waals surface area contributed by atoms with Crippen LogP contribution in [0.15, 0.2) is 37.2 Å². The molecular weight excluding hydrogens is 464 g/mol. The standard InChI is InChI=1S/C24H28N8O2S/c1-14(23-28-30-31(3)29-23)7-10-19-15(2)25-13-32(19)12-16-8-9-17-21(11-16)35-24(26-17)27-18-5-4-6-20(33)22(18)34/h7-11,13,18,20,22,33-34H,1,4-6,12H2,2-3H3,(H,26,27)/b10-7-/t18-,20-,22+/m1/s1. The number of benzene rings is 1. The average Bonchev–Trinajstić information content (AvgIpc) is 3.54. The Morgan fingerprint density at radius 2 is 2.17 bits per heavy atom. The van der Waals surface area contributed by atoms with Crippen LogP contribution in [0.2, 0.25) is 0 Å². The summed E-state index contributed by atoms with van der Waals surface area (Å²) in [5, 5.41) is 36.4. The van der Waals surface area contributed by atoms with Gasteiger partial charge < -0.3 is 20.1 Å². The molecule has 3 aromatic heterocycles. The number of hydrogen-bond donors (Lipinski definition) is 3. The van der Waals surface area contributed by atoms with Crippen molar-refractivity contribution in [2.45, 2.75) is 51.0 Å². The van der Waals surface area contributed by atoms with Crippen LogP contribution >= 0.6 is 11.3 Å². The molecule has 0 spiro atoms. The molecular formula is C24H28N8O2S. The summed E-state index contributed by atoms with van der Waals surface area (Å²) in [6.45, 7) is 6.66. The summed E-state index contributed by atoms with van der Waals surface area (Å²) in [5.41, 5.74) is 4.60. The van der Waals surface area contributed by atoms with Gasteiger partial charge in [0.15, 0.2) is 5.13 Å². The van der Waals surface area contributed by atoms with Crippen molar-refractivity contribution in [2.24, 2.45) is 7.05 Å². The van der Waals surface area contributed by atoms with Gasteiger partial charge in [0.1, 0.15) is 0 Å². The third-order valence-electron chi connectivity index (χ3n) is 6.24. The first-order valence-electron chi connectivity index (χ1n) is 11.5. The van der Waals surface area contributed by atoms with E-state index in [1.165, 1.54) is 4.80 Å². The van der Waals surface area contributed by atoms with E-state index < -0.39 is 12.2 Å². The van der Waals surface area contributed by atoms with E-state index >= 15 is 0 Å². The average molecular weight is 493 g/mol. The van der Waals surface area contributed by atoms with Crippen molar-refractivity contribution in [2.75, 3.05) is 5.32 Å². The summed E-state index contributed by atoms with van der Waals surface area (Å²) < 4.78 is 3.15. The predicted molar refractivity (Wildman–Crippen MR) is 136 cm³/mol. The third-order valence-corrected chi connectivity index (χ3v) is 7.19. The number of thiazole rings is 1. The van der Waals surface area contributed by atoms with Gasteiger partial charge in [-0.3, -0.25) is 0 Å². The number of tetrazole rings is 1. The molecule has 182 valence electrons. The molecule has 0 amide bonds. The van der Waals surface area contributed by atoms with Gasteiger partial charge in [0.05, 0.1) is 53.2 Å². The van der Waals surface area contributed by atoms with Crippen LogP contribution in [0.25, 0.3) is 21.9 Å². The fourth-order valence-corrected chi connectivity index (χ4v) is 5.29. The maximum Gasteiger partial charge on any atom is 0.204 e. The number of aliphatic hydroxyl groups excluding tert-OH is 2. The molecule has 0 aliphatic heterocycles. The molecule has 0 saturated heterocycles. The molecule has 35 heavy (non-hydrogen) atoms. The van der Waals surface area contributed by atoms with Crippen molar-refractivity contribution in [3.63, 3.8) is 0 Å². The lowest BCUT2D eigenvalue weighted by atomic mass is 9.90. The molecule has 1 aliphatic carbocycles. The fraction of sp³-hybridized carbons (Fsp3) is 0.375. The number of rotatable bonds is 7. The summed E-state index contributed by atoms with van der Waals surface area (Å²) in [6, 6.07) is 6.03. The number of nitrogens with zero attached hydrogens (tertiary/aromatic N) is 7. The Balaban J connectivity index is 1.32. The lowest BCUT2D eigenvalue weighted by Crippen LogP contribution is -2.45. The maximum atomic E-state index is 10.3. The molecule has 1 aliphatic rings. The van der Waals surface area contributed by atoms with Gasteiger partial charge in [-0.1, -0.05) is 24.0 Å². The van der Waals surface area contributed by atoms with Gasteiger partial charge in [0, 0.05) is 12.1 Å². The molecule has 11 heteroatoms. The van der Waals surface area contributed by atoms with Crippen molar-refractivity contribution in [1.29, 1.82) is 0 Å². The zero-order chi connectivity index (χ0) is 24.5. The Morgan fingerprint density at radius 1 is 1.31 bits per heavy atom. The SMILES string of the molecule is C=C(/C=C\c1c(C)ncn1Cc1ccc2nc(N[C@@H]3CCC[C@@H](O)[C@H]3O)sc2c1)c1nnn(C)n1. The number of allylic oxidation sites excluding steroid dienone is 2. The second kappa shape index (κ2) is 9.68. The molecule has 5 rings (SSSR count). The van der Waals surface area contributed by atoms with E-state index in [4.69, 9.17) is 0 Å². The van der Waals surface area contributed by atoms with Crippen LogP contribution in [0, 0.1) is 6.92 Å². The van der Waals surface area contributed by atoms with Crippen molar-refractivity contribution < 1.29 is 10.2 Å². The van der Waals surface area contributed by atoms with Crippen molar-refractivity contribution >= 4 is 38.3 Å². The number of nitrogens with one attached hydrogen (secondary N) is 1. The van der Waals surface area contributed by atoms with Crippen LogP contribution in [0.3, 0.4) is 0 Å².